The van der Waals surface area contributed by atoms with Gasteiger partial charge in [-0.2, -0.15) is 5.10 Å². The summed E-state index contributed by atoms with van der Waals surface area (Å²) in [6, 6.07) is 9.20. The number of methoxy groups -OCH3 is 3. The minimum atomic E-state index is -0.543. The molecule has 2 aromatic carbocycles. The van der Waals surface area contributed by atoms with Crippen molar-refractivity contribution in [3.8, 4) is 23.0 Å². The van der Waals surface area contributed by atoms with Gasteiger partial charge in [-0.05, 0) is 24.3 Å². The van der Waals surface area contributed by atoms with Crippen LogP contribution < -0.4 is 24.4 Å². The molecule has 8 heteroatoms. The molecule has 0 saturated carbocycles. The van der Waals surface area contributed by atoms with E-state index in [4.69, 9.17) is 18.9 Å². The minimum Gasteiger partial charge on any atom is -0.493 e. The normalized spacial score (nSPS) is 10.5. The minimum absolute atomic E-state index is 0.00631. The number of benzene rings is 2. The van der Waals surface area contributed by atoms with Crippen LogP contribution in [0.15, 0.2) is 41.5 Å². The molecule has 0 bridgehead atoms. The lowest BCUT2D eigenvalue weighted by atomic mass is 10.2. The molecule has 1 N–H and O–H groups in total. The smallest absolute Gasteiger partial charge is 0.277 e. The fourth-order valence-corrected chi connectivity index (χ4v) is 2.14. The maximum Gasteiger partial charge on any atom is 0.277 e. The van der Waals surface area contributed by atoms with Crippen molar-refractivity contribution in [3.63, 3.8) is 0 Å². The molecule has 0 radical (unpaired) electrons. The summed E-state index contributed by atoms with van der Waals surface area (Å²) < 4.78 is 34.3. The number of hydrazone groups is 1. The van der Waals surface area contributed by atoms with E-state index in [0.717, 1.165) is 0 Å². The Kier molecular flexibility index (Phi) is 6.78. The summed E-state index contributed by atoms with van der Waals surface area (Å²) in [6.45, 7) is -0.374. The van der Waals surface area contributed by atoms with Crippen LogP contribution in [-0.4, -0.2) is 40.1 Å². The van der Waals surface area contributed by atoms with E-state index in [9.17, 15) is 9.18 Å². The zero-order valence-corrected chi connectivity index (χ0v) is 14.6. The first-order valence-electron chi connectivity index (χ1n) is 7.59. The number of carbonyl (C=O) groups excluding carboxylic acids is 1. The van der Waals surface area contributed by atoms with E-state index >= 15 is 0 Å². The first-order chi connectivity index (χ1) is 12.6. The third-order valence-corrected chi connectivity index (χ3v) is 3.32. The van der Waals surface area contributed by atoms with Gasteiger partial charge in [0.15, 0.2) is 29.7 Å². The number of ether oxygens (including phenoxy) is 4. The van der Waals surface area contributed by atoms with Gasteiger partial charge < -0.3 is 18.9 Å². The number of hydrogen-bond acceptors (Lipinski definition) is 6. The number of hydrogen-bond donors (Lipinski definition) is 1. The summed E-state index contributed by atoms with van der Waals surface area (Å²) in [4.78, 5) is 11.7. The third kappa shape index (κ3) is 4.62. The summed E-state index contributed by atoms with van der Waals surface area (Å²) in [5.41, 5.74) is 2.86. The van der Waals surface area contributed by atoms with Gasteiger partial charge in [0.05, 0.1) is 27.5 Å². The van der Waals surface area contributed by atoms with Gasteiger partial charge in [-0.25, -0.2) is 9.82 Å². The van der Waals surface area contributed by atoms with Gasteiger partial charge in [0.2, 0.25) is 5.75 Å². The number of nitrogens with zero attached hydrogens (tertiary/aromatic N) is 1. The van der Waals surface area contributed by atoms with Crippen LogP contribution in [0.2, 0.25) is 0 Å². The second kappa shape index (κ2) is 9.26. The average molecular weight is 362 g/mol. The van der Waals surface area contributed by atoms with Crippen molar-refractivity contribution in [2.24, 2.45) is 5.10 Å². The Labute approximate surface area is 150 Å². The lowest BCUT2D eigenvalue weighted by Crippen LogP contribution is -2.24. The molecule has 26 heavy (non-hydrogen) atoms. The number of carbonyl (C=O) groups is 1. The Bertz CT molecular complexity index is 795. The molecule has 0 aliphatic heterocycles. The van der Waals surface area contributed by atoms with Crippen LogP contribution in [0.5, 0.6) is 23.0 Å². The van der Waals surface area contributed by atoms with Crippen molar-refractivity contribution in [1.29, 1.82) is 0 Å². The molecule has 0 aliphatic rings. The SMILES string of the molecule is COc1ccc(/C=N/NC(=O)COc2ccccc2F)c(OC)c1OC. The molecule has 2 rings (SSSR count). The van der Waals surface area contributed by atoms with E-state index in [1.165, 1.54) is 45.7 Å². The Morgan fingerprint density at radius 2 is 1.77 bits per heavy atom. The third-order valence-electron chi connectivity index (χ3n) is 3.32. The summed E-state index contributed by atoms with van der Waals surface area (Å²) >= 11 is 0. The van der Waals surface area contributed by atoms with Crippen molar-refractivity contribution >= 4 is 12.1 Å². The van der Waals surface area contributed by atoms with Gasteiger partial charge in [0.25, 0.3) is 5.91 Å². The zero-order chi connectivity index (χ0) is 18.9. The van der Waals surface area contributed by atoms with E-state index in [1.54, 1.807) is 18.2 Å². The Balaban J connectivity index is 1.99. The molecule has 0 fully saturated rings. The van der Waals surface area contributed by atoms with Gasteiger partial charge in [0, 0.05) is 5.56 Å². The second-order valence-electron chi connectivity index (χ2n) is 4.94. The Hall–Kier alpha value is -3.29. The second-order valence-corrected chi connectivity index (χ2v) is 4.94. The average Bonchev–Trinajstić information content (AvgIpc) is 2.66. The molecule has 1 amide bonds. The van der Waals surface area contributed by atoms with Gasteiger partial charge >= 0.3 is 0 Å². The quantitative estimate of drug-likeness (QED) is 0.576. The maximum atomic E-state index is 13.4. The summed E-state index contributed by atoms with van der Waals surface area (Å²) in [7, 11) is 4.49. The van der Waals surface area contributed by atoms with Crippen molar-refractivity contribution in [3.05, 3.63) is 47.8 Å². The molecule has 0 heterocycles. The van der Waals surface area contributed by atoms with Crippen molar-refractivity contribution in [1.82, 2.24) is 5.43 Å². The standard InChI is InChI=1S/C18H19FN2O5/c1-23-15-9-8-12(17(24-2)18(15)25-3)10-20-21-16(22)11-26-14-7-5-4-6-13(14)19/h4-10H,11H2,1-3H3,(H,21,22)/b20-10+. The highest BCUT2D eigenvalue weighted by Crippen LogP contribution is 2.38. The molecular formula is C18H19FN2O5. The molecule has 138 valence electrons. The monoisotopic (exact) mass is 362 g/mol. The molecule has 7 nitrogen and oxygen atoms in total. The van der Waals surface area contributed by atoms with E-state index < -0.39 is 11.7 Å². The number of nitrogens with one attached hydrogen (secondary N) is 1. The highest BCUT2D eigenvalue weighted by Gasteiger charge is 2.14. The van der Waals surface area contributed by atoms with Gasteiger partial charge in [0.1, 0.15) is 0 Å². The molecule has 0 spiro atoms. The van der Waals surface area contributed by atoms with E-state index in [-0.39, 0.29) is 12.4 Å². The van der Waals surface area contributed by atoms with Crippen LogP contribution in [-0.2, 0) is 4.79 Å². The summed E-state index contributed by atoms with van der Waals surface area (Å²) in [5, 5.41) is 3.84. The zero-order valence-electron chi connectivity index (χ0n) is 14.6. The van der Waals surface area contributed by atoms with Crippen molar-refractivity contribution in [2.75, 3.05) is 27.9 Å². The van der Waals surface area contributed by atoms with Crippen LogP contribution in [0, 0.1) is 5.82 Å². The molecule has 0 saturated heterocycles. The predicted molar refractivity (Wildman–Crippen MR) is 93.7 cm³/mol. The summed E-state index contributed by atoms with van der Waals surface area (Å²) in [6.07, 6.45) is 1.39. The Morgan fingerprint density at radius 3 is 2.42 bits per heavy atom. The number of rotatable bonds is 8. The topological polar surface area (TPSA) is 78.4 Å². The van der Waals surface area contributed by atoms with E-state index in [0.29, 0.717) is 22.8 Å². The number of halogens is 1. The molecular weight excluding hydrogens is 343 g/mol. The van der Waals surface area contributed by atoms with Crippen LogP contribution in [0.3, 0.4) is 0 Å². The first kappa shape index (κ1) is 19.0. The van der Waals surface area contributed by atoms with Crippen molar-refractivity contribution < 1.29 is 28.1 Å². The van der Waals surface area contributed by atoms with Gasteiger partial charge in [-0.15, -0.1) is 0 Å². The predicted octanol–water partition coefficient (Wildman–Crippen LogP) is 2.38. The first-order valence-corrected chi connectivity index (χ1v) is 7.59. The van der Waals surface area contributed by atoms with Crippen LogP contribution in [0.25, 0.3) is 0 Å². The van der Waals surface area contributed by atoms with Gasteiger partial charge in [-0.1, -0.05) is 12.1 Å². The lowest BCUT2D eigenvalue weighted by Gasteiger charge is -2.13. The van der Waals surface area contributed by atoms with Crippen LogP contribution in [0.4, 0.5) is 4.39 Å². The lowest BCUT2D eigenvalue weighted by molar-refractivity contribution is -0.123. The molecule has 2 aromatic rings. The van der Waals surface area contributed by atoms with Crippen LogP contribution >= 0.6 is 0 Å². The van der Waals surface area contributed by atoms with Crippen LogP contribution in [0.1, 0.15) is 5.56 Å². The molecule has 0 aromatic heterocycles. The summed E-state index contributed by atoms with van der Waals surface area (Å²) in [5.74, 6) is 0.237. The van der Waals surface area contributed by atoms with E-state index in [2.05, 4.69) is 10.5 Å². The van der Waals surface area contributed by atoms with E-state index in [1.807, 2.05) is 0 Å². The molecule has 0 unspecified atom stereocenters. The highest BCUT2D eigenvalue weighted by molar-refractivity contribution is 5.87. The number of amides is 1. The fourth-order valence-electron chi connectivity index (χ4n) is 2.14. The fraction of sp³-hybridized carbons (Fsp3) is 0.222. The van der Waals surface area contributed by atoms with Crippen molar-refractivity contribution in [2.45, 2.75) is 0 Å². The van der Waals surface area contributed by atoms with Gasteiger partial charge in [-0.3, -0.25) is 4.79 Å². The molecule has 0 aliphatic carbocycles. The molecule has 0 atom stereocenters. The highest BCUT2D eigenvalue weighted by atomic mass is 19.1. The number of para-hydroxylation sites is 1. The maximum absolute atomic E-state index is 13.4. The largest absolute Gasteiger partial charge is 0.493 e. The Morgan fingerprint density at radius 1 is 1.04 bits per heavy atom.